The summed E-state index contributed by atoms with van der Waals surface area (Å²) in [7, 11) is 1.72. The van der Waals surface area contributed by atoms with Crippen molar-refractivity contribution < 1.29 is 4.55 Å². The van der Waals surface area contributed by atoms with Crippen molar-refractivity contribution >= 4 is 20.3 Å². The van der Waals surface area contributed by atoms with Gasteiger partial charge in [0.1, 0.15) is 0 Å². The Balaban J connectivity index is 3.36. The first-order valence-electron chi connectivity index (χ1n) is 1.87. The first-order valence-corrected chi connectivity index (χ1v) is 5.61. The van der Waals surface area contributed by atoms with E-state index in [-0.39, 0.29) is 0 Å². The molecule has 0 aliphatic heterocycles. The SMILES string of the molecule is CNS(C)(O)SC. The highest BCUT2D eigenvalue weighted by Crippen LogP contribution is 2.45. The lowest BCUT2D eigenvalue weighted by Crippen LogP contribution is -2.08. The van der Waals surface area contributed by atoms with Crippen LogP contribution in [-0.2, 0) is 0 Å². The van der Waals surface area contributed by atoms with Gasteiger partial charge in [-0.05, 0) is 22.8 Å². The number of rotatable bonds is 2. The zero-order valence-electron chi connectivity index (χ0n) is 4.76. The fourth-order valence-electron chi connectivity index (χ4n) is 0.0833. The van der Waals surface area contributed by atoms with Gasteiger partial charge in [-0.3, -0.25) is 4.72 Å². The Morgan fingerprint density at radius 1 is 1.71 bits per heavy atom. The number of hydrogen-bond acceptors (Lipinski definition) is 3. The normalized spacial score (nSPS) is 23.4. The van der Waals surface area contributed by atoms with Crippen LogP contribution in [0.1, 0.15) is 0 Å². The second kappa shape index (κ2) is 2.81. The molecule has 0 aliphatic rings. The Hall–Kier alpha value is 0.620. The molecule has 0 bridgehead atoms. The lowest BCUT2D eigenvalue weighted by molar-refractivity contribution is 0.638. The van der Waals surface area contributed by atoms with Gasteiger partial charge in [0.15, 0.2) is 0 Å². The molecular weight excluding hydrogens is 130 g/mol. The van der Waals surface area contributed by atoms with Gasteiger partial charge in [-0.2, -0.15) is 0 Å². The Labute approximate surface area is 49.7 Å². The van der Waals surface area contributed by atoms with Gasteiger partial charge in [-0.15, -0.1) is 0 Å². The minimum absolute atomic E-state index is 1.45. The van der Waals surface area contributed by atoms with Crippen LogP contribution in [0.3, 0.4) is 0 Å². The summed E-state index contributed by atoms with van der Waals surface area (Å²) in [6.45, 7) is 0. The average Bonchev–Trinajstić information content (AvgIpc) is 1.68. The molecule has 46 valence electrons. The Morgan fingerprint density at radius 3 is 2.14 bits per heavy atom. The summed E-state index contributed by atoms with van der Waals surface area (Å²) >= 11 is 0. The van der Waals surface area contributed by atoms with E-state index in [1.165, 1.54) is 10.8 Å². The molecule has 7 heavy (non-hydrogen) atoms. The molecule has 0 saturated carbocycles. The maximum absolute atomic E-state index is 9.07. The summed E-state index contributed by atoms with van der Waals surface area (Å²) in [5.74, 6) is 0. The van der Waals surface area contributed by atoms with Gasteiger partial charge in [0, 0.05) is 6.26 Å². The van der Waals surface area contributed by atoms with E-state index in [1.54, 1.807) is 13.3 Å². The molecule has 0 heterocycles. The summed E-state index contributed by atoms with van der Waals surface area (Å²) in [6.07, 6.45) is 3.67. The van der Waals surface area contributed by atoms with Gasteiger partial charge in [0.2, 0.25) is 0 Å². The summed E-state index contributed by atoms with van der Waals surface area (Å²) < 4.78 is 11.9. The third-order valence-corrected chi connectivity index (χ3v) is 4.56. The highest BCUT2D eigenvalue weighted by Gasteiger charge is 2.04. The van der Waals surface area contributed by atoms with Gasteiger partial charge >= 0.3 is 0 Å². The first kappa shape index (κ1) is 7.62. The quantitative estimate of drug-likeness (QED) is 0.569. The van der Waals surface area contributed by atoms with Crippen LogP contribution in [0.4, 0.5) is 0 Å². The zero-order chi connectivity index (χ0) is 5.91. The molecule has 0 aliphatic carbocycles. The number of hydrogen-bond donors (Lipinski definition) is 2. The largest absolute Gasteiger partial charge is 0.329 e. The van der Waals surface area contributed by atoms with E-state index in [9.17, 15) is 0 Å². The van der Waals surface area contributed by atoms with E-state index in [1.807, 2.05) is 6.26 Å². The molecule has 0 rings (SSSR count). The van der Waals surface area contributed by atoms with E-state index in [0.717, 1.165) is 0 Å². The zero-order valence-corrected chi connectivity index (χ0v) is 6.40. The highest BCUT2D eigenvalue weighted by molar-refractivity contribution is 8.90. The third kappa shape index (κ3) is 3.22. The maximum Gasteiger partial charge on any atom is 0.00916 e. The molecule has 0 saturated heterocycles. The molecule has 0 spiro atoms. The standard InChI is InChI=1S/C3H11NOS2/c1-4-7(3,5)6-2/h4-5H,1-3H3. The van der Waals surface area contributed by atoms with Crippen LogP contribution in [0, 0.1) is 0 Å². The van der Waals surface area contributed by atoms with Crippen molar-refractivity contribution in [3.05, 3.63) is 0 Å². The Kier molecular flexibility index (Phi) is 3.06. The van der Waals surface area contributed by atoms with Crippen LogP contribution in [0.5, 0.6) is 0 Å². The average molecular weight is 141 g/mol. The molecule has 1 atom stereocenters. The van der Waals surface area contributed by atoms with E-state index >= 15 is 0 Å². The van der Waals surface area contributed by atoms with Crippen molar-refractivity contribution in [2.75, 3.05) is 19.6 Å². The van der Waals surface area contributed by atoms with Gasteiger partial charge in [-0.1, -0.05) is 10.8 Å². The smallest absolute Gasteiger partial charge is 0.00916 e. The van der Waals surface area contributed by atoms with Crippen LogP contribution in [0.25, 0.3) is 0 Å². The van der Waals surface area contributed by atoms with Crippen molar-refractivity contribution in [3.63, 3.8) is 0 Å². The topological polar surface area (TPSA) is 32.3 Å². The Bertz CT molecular complexity index is 50.9. The van der Waals surface area contributed by atoms with Crippen molar-refractivity contribution in [2.24, 2.45) is 0 Å². The molecule has 0 aromatic carbocycles. The molecule has 2 nitrogen and oxygen atoms in total. The fourth-order valence-corrected chi connectivity index (χ4v) is 0.750. The van der Waals surface area contributed by atoms with Crippen molar-refractivity contribution in [1.82, 2.24) is 4.72 Å². The molecule has 0 radical (unpaired) electrons. The van der Waals surface area contributed by atoms with Crippen LogP contribution >= 0.6 is 20.3 Å². The van der Waals surface area contributed by atoms with Gasteiger partial charge in [0.05, 0.1) is 0 Å². The Morgan fingerprint density at radius 2 is 2.14 bits per heavy atom. The van der Waals surface area contributed by atoms with Gasteiger partial charge < -0.3 is 4.55 Å². The van der Waals surface area contributed by atoms with Crippen LogP contribution < -0.4 is 4.72 Å². The van der Waals surface area contributed by atoms with Crippen molar-refractivity contribution in [1.29, 1.82) is 0 Å². The molecule has 0 aromatic heterocycles. The molecule has 0 fully saturated rings. The van der Waals surface area contributed by atoms with Crippen molar-refractivity contribution in [3.8, 4) is 0 Å². The summed E-state index contributed by atoms with van der Waals surface area (Å²) in [6, 6.07) is 0. The molecule has 0 aromatic rings. The van der Waals surface area contributed by atoms with E-state index in [0.29, 0.717) is 0 Å². The molecule has 2 N–H and O–H groups in total. The maximum atomic E-state index is 9.07. The molecule has 0 amide bonds. The molecule has 4 heteroatoms. The predicted octanol–water partition coefficient (Wildman–Crippen LogP) is 1.31. The summed E-state index contributed by atoms with van der Waals surface area (Å²) in [5, 5.41) is 0. The predicted molar refractivity (Wildman–Crippen MR) is 38.7 cm³/mol. The van der Waals surface area contributed by atoms with Crippen LogP contribution in [0.2, 0.25) is 0 Å². The highest BCUT2D eigenvalue weighted by atomic mass is 33.2. The van der Waals surface area contributed by atoms with Gasteiger partial charge in [0.25, 0.3) is 0 Å². The van der Waals surface area contributed by atoms with Gasteiger partial charge in [-0.25, -0.2) is 0 Å². The van der Waals surface area contributed by atoms with Crippen molar-refractivity contribution in [2.45, 2.75) is 0 Å². The minimum atomic E-state index is -1.49. The summed E-state index contributed by atoms with van der Waals surface area (Å²) in [4.78, 5) is 0. The first-order chi connectivity index (χ1) is 3.12. The molecule has 1 unspecified atom stereocenters. The van der Waals surface area contributed by atoms with E-state index < -0.39 is 9.53 Å². The van der Waals surface area contributed by atoms with Crippen LogP contribution in [0.15, 0.2) is 0 Å². The fraction of sp³-hybridized carbons (Fsp3) is 1.00. The molecular formula is C3H11NOS2. The van der Waals surface area contributed by atoms with E-state index in [4.69, 9.17) is 4.55 Å². The minimum Gasteiger partial charge on any atom is -0.329 e. The summed E-state index contributed by atoms with van der Waals surface area (Å²) in [5.41, 5.74) is 0. The monoisotopic (exact) mass is 141 g/mol. The number of nitrogens with one attached hydrogen (secondary N) is 1. The van der Waals surface area contributed by atoms with Crippen LogP contribution in [-0.4, -0.2) is 24.1 Å². The second-order valence-electron chi connectivity index (χ2n) is 1.17. The lowest BCUT2D eigenvalue weighted by atomic mass is 11.6. The second-order valence-corrected chi connectivity index (χ2v) is 6.47. The lowest BCUT2D eigenvalue weighted by Gasteiger charge is -2.24. The van der Waals surface area contributed by atoms with E-state index in [2.05, 4.69) is 4.72 Å². The third-order valence-electron chi connectivity index (χ3n) is 0.703.